The van der Waals surface area contributed by atoms with Crippen molar-refractivity contribution < 1.29 is 4.79 Å². The summed E-state index contributed by atoms with van der Waals surface area (Å²) in [7, 11) is 0. The van der Waals surface area contributed by atoms with Crippen molar-refractivity contribution in [2.75, 3.05) is 13.1 Å². The van der Waals surface area contributed by atoms with Crippen LogP contribution in [0.25, 0.3) is 0 Å². The number of nitrogens with zero attached hydrogens (tertiary/aromatic N) is 1. The average molecular weight is 135 g/mol. The topological polar surface area (TPSA) is 20.3 Å². The molecular formula is C8H9NO. The third-order valence-electron chi connectivity index (χ3n) is 1.42. The van der Waals surface area contributed by atoms with Gasteiger partial charge in [0, 0.05) is 25.6 Å². The number of hydrogen-bond acceptors (Lipinski definition) is 1. The molecule has 2 heteroatoms. The molecule has 1 heterocycles. The molecule has 0 aromatic heterocycles. The van der Waals surface area contributed by atoms with Gasteiger partial charge < -0.3 is 4.90 Å². The molecule has 10 heavy (non-hydrogen) atoms. The number of terminal acetylenes is 1. The SMILES string of the molecule is C#CCCN1CC=CC1=O. The van der Waals surface area contributed by atoms with E-state index in [9.17, 15) is 4.79 Å². The van der Waals surface area contributed by atoms with E-state index in [2.05, 4.69) is 5.92 Å². The average Bonchev–Trinajstić information content (AvgIpc) is 2.31. The molecule has 52 valence electrons. The molecule has 0 fully saturated rings. The molecule has 1 aliphatic rings. The highest BCUT2D eigenvalue weighted by atomic mass is 16.2. The zero-order chi connectivity index (χ0) is 7.40. The first kappa shape index (κ1) is 6.88. The maximum Gasteiger partial charge on any atom is 0.246 e. The minimum absolute atomic E-state index is 0.0789. The summed E-state index contributed by atoms with van der Waals surface area (Å²) >= 11 is 0. The van der Waals surface area contributed by atoms with Crippen LogP contribution in [0.3, 0.4) is 0 Å². The molecule has 2 nitrogen and oxygen atoms in total. The van der Waals surface area contributed by atoms with E-state index in [0.717, 1.165) is 6.54 Å². The summed E-state index contributed by atoms with van der Waals surface area (Å²) in [5.41, 5.74) is 0. The summed E-state index contributed by atoms with van der Waals surface area (Å²) in [6.45, 7) is 1.41. The second-order valence-corrected chi connectivity index (χ2v) is 2.14. The van der Waals surface area contributed by atoms with E-state index >= 15 is 0 Å². The van der Waals surface area contributed by atoms with Crippen LogP contribution in [0.4, 0.5) is 0 Å². The van der Waals surface area contributed by atoms with Crippen LogP contribution in [0.2, 0.25) is 0 Å². The minimum Gasteiger partial charge on any atom is -0.334 e. The van der Waals surface area contributed by atoms with Crippen molar-refractivity contribution in [3.63, 3.8) is 0 Å². The van der Waals surface area contributed by atoms with Crippen LogP contribution in [0, 0.1) is 12.3 Å². The summed E-state index contributed by atoms with van der Waals surface area (Å²) < 4.78 is 0. The van der Waals surface area contributed by atoms with Crippen LogP contribution in [0.5, 0.6) is 0 Å². The number of carbonyl (C=O) groups is 1. The van der Waals surface area contributed by atoms with Gasteiger partial charge in [-0.1, -0.05) is 6.08 Å². The van der Waals surface area contributed by atoms with Crippen molar-refractivity contribution in [3.8, 4) is 12.3 Å². The first-order valence-corrected chi connectivity index (χ1v) is 3.23. The summed E-state index contributed by atoms with van der Waals surface area (Å²) in [5.74, 6) is 2.57. The highest BCUT2D eigenvalue weighted by molar-refractivity contribution is 5.89. The predicted molar refractivity (Wildman–Crippen MR) is 39.2 cm³/mol. The van der Waals surface area contributed by atoms with Crippen LogP contribution in [0.15, 0.2) is 12.2 Å². The minimum atomic E-state index is 0.0789. The second kappa shape index (κ2) is 3.07. The molecule has 0 N–H and O–H groups in total. The standard InChI is InChI=1S/C8H9NO/c1-2-3-6-9-7-4-5-8(9)10/h1,4-5H,3,6-7H2. The first-order chi connectivity index (χ1) is 4.84. The van der Waals surface area contributed by atoms with Crippen LogP contribution in [0.1, 0.15) is 6.42 Å². The normalized spacial score (nSPS) is 15.9. The Balaban J connectivity index is 2.32. The van der Waals surface area contributed by atoms with Gasteiger partial charge in [-0.05, 0) is 0 Å². The molecule has 0 bridgehead atoms. The Kier molecular flexibility index (Phi) is 2.11. The predicted octanol–water partition coefficient (Wildman–Crippen LogP) is 0.408. The molecule has 0 unspecified atom stereocenters. The van der Waals surface area contributed by atoms with E-state index in [1.165, 1.54) is 0 Å². The van der Waals surface area contributed by atoms with Crippen LogP contribution < -0.4 is 0 Å². The summed E-state index contributed by atoms with van der Waals surface area (Å²) in [6.07, 6.45) is 9.12. The molecule has 0 aliphatic carbocycles. The van der Waals surface area contributed by atoms with E-state index in [4.69, 9.17) is 6.42 Å². The molecule has 1 amide bonds. The van der Waals surface area contributed by atoms with Gasteiger partial charge in [0.1, 0.15) is 0 Å². The molecule has 0 aromatic carbocycles. The molecule has 0 radical (unpaired) electrons. The lowest BCUT2D eigenvalue weighted by Crippen LogP contribution is -2.25. The van der Waals surface area contributed by atoms with Crippen molar-refractivity contribution in [1.29, 1.82) is 0 Å². The van der Waals surface area contributed by atoms with Crippen LogP contribution in [-0.2, 0) is 4.79 Å². The van der Waals surface area contributed by atoms with Crippen molar-refractivity contribution in [2.45, 2.75) is 6.42 Å². The Hall–Kier alpha value is -1.23. The van der Waals surface area contributed by atoms with Gasteiger partial charge in [-0.15, -0.1) is 12.3 Å². The van der Waals surface area contributed by atoms with E-state index in [1.54, 1.807) is 11.0 Å². The third-order valence-corrected chi connectivity index (χ3v) is 1.42. The van der Waals surface area contributed by atoms with Gasteiger partial charge >= 0.3 is 0 Å². The summed E-state index contributed by atoms with van der Waals surface area (Å²) in [4.78, 5) is 12.6. The maximum absolute atomic E-state index is 10.9. The van der Waals surface area contributed by atoms with Crippen LogP contribution >= 0.6 is 0 Å². The van der Waals surface area contributed by atoms with E-state index in [1.807, 2.05) is 6.08 Å². The van der Waals surface area contributed by atoms with E-state index in [0.29, 0.717) is 13.0 Å². The quantitative estimate of drug-likeness (QED) is 0.502. The number of hydrogen-bond donors (Lipinski definition) is 0. The van der Waals surface area contributed by atoms with E-state index in [-0.39, 0.29) is 5.91 Å². The molecule has 0 saturated carbocycles. The van der Waals surface area contributed by atoms with Gasteiger partial charge in [-0.3, -0.25) is 4.79 Å². The lowest BCUT2D eigenvalue weighted by Gasteiger charge is -2.12. The van der Waals surface area contributed by atoms with Gasteiger partial charge in [-0.2, -0.15) is 0 Å². The Morgan fingerprint density at radius 2 is 2.60 bits per heavy atom. The second-order valence-electron chi connectivity index (χ2n) is 2.14. The molecule has 0 saturated heterocycles. The number of rotatable bonds is 2. The highest BCUT2D eigenvalue weighted by Crippen LogP contribution is 2.00. The highest BCUT2D eigenvalue weighted by Gasteiger charge is 2.12. The number of carbonyl (C=O) groups excluding carboxylic acids is 1. The van der Waals surface area contributed by atoms with E-state index < -0.39 is 0 Å². The van der Waals surface area contributed by atoms with Gasteiger partial charge in [0.25, 0.3) is 0 Å². The summed E-state index contributed by atoms with van der Waals surface area (Å²) in [6, 6.07) is 0. The molecular weight excluding hydrogens is 126 g/mol. The smallest absolute Gasteiger partial charge is 0.246 e. The molecule has 0 atom stereocenters. The Morgan fingerprint density at radius 1 is 1.80 bits per heavy atom. The van der Waals surface area contributed by atoms with Crippen LogP contribution in [-0.4, -0.2) is 23.9 Å². The zero-order valence-electron chi connectivity index (χ0n) is 5.71. The largest absolute Gasteiger partial charge is 0.334 e. The maximum atomic E-state index is 10.9. The first-order valence-electron chi connectivity index (χ1n) is 3.23. The fourth-order valence-electron chi connectivity index (χ4n) is 0.877. The fourth-order valence-corrected chi connectivity index (χ4v) is 0.877. The van der Waals surface area contributed by atoms with Crippen molar-refractivity contribution in [2.24, 2.45) is 0 Å². The molecule has 0 spiro atoms. The van der Waals surface area contributed by atoms with Gasteiger partial charge in [0.2, 0.25) is 5.91 Å². The van der Waals surface area contributed by atoms with Gasteiger partial charge in [0.15, 0.2) is 0 Å². The molecule has 1 rings (SSSR count). The number of amides is 1. The van der Waals surface area contributed by atoms with Gasteiger partial charge in [0.05, 0.1) is 0 Å². The molecule has 1 aliphatic heterocycles. The van der Waals surface area contributed by atoms with Crippen molar-refractivity contribution in [1.82, 2.24) is 4.90 Å². The van der Waals surface area contributed by atoms with Crippen molar-refractivity contribution >= 4 is 5.91 Å². The van der Waals surface area contributed by atoms with Gasteiger partial charge in [-0.25, -0.2) is 0 Å². The Labute approximate surface area is 60.5 Å². The third kappa shape index (κ3) is 1.38. The van der Waals surface area contributed by atoms with Crippen molar-refractivity contribution in [3.05, 3.63) is 12.2 Å². The Bertz CT molecular complexity index is 200. The lowest BCUT2D eigenvalue weighted by molar-refractivity contribution is -0.124. The summed E-state index contributed by atoms with van der Waals surface area (Å²) in [5, 5.41) is 0. The fraction of sp³-hybridized carbons (Fsp3) is 0.375. The molecule has 0 aromatic rings. The Morgan fingerprint density at radius 3 is 3.10 bits per heavy atom. The monoisotopic (exact) mass is 135 g/mol. The lowest BCUT2D eigenvalue weighted by atomic mass is 10.4. The zero-order valence-corrected chi connectivity index (χ0v) is 5.71.